The van der Waals surface area contributed by atoms with E-state index in [-0.39, 0.29) is 0 Å². The first kappa shape index (κ1) is 11.0. The Balaban J connectivity index is 1.68. The molecule has 0 aliphatic rings. The van der Waals surface area contributed by atoms with Crippen molar-refractivity contribution in [2.24, 2.45) is 0 Å². The Labute approximate surface area is 109 Å². The molecule has 0 aliphatic heterocycles. The summed E-state index contributed by atoms with van der Waals surface area (Å²) in [5, 5.41) is 0. The Bertz CT molecular complexity index is 602. The Hall–Kier alpha value is -2.07. The lowest BCUT2D eigenvalue weighted by molar-refractivity contribution is 0.297. The first-order valence-electron chi connectivity index (χ1n) is 5.59. The molecule has 3 aromatic rings. The van der Waals surface area contributed by atoms with Crippen LogP contribution in [0.3, 0.4) is 0 Å². The first-order valence-corrected chi connectivity index (χ1v) is 6.36. The first-order chi connectivity index (χ1) is 8.92. The maximum atomic E-state index is 5.63. The fraction of sp³-hybridized carbons (Fsp3) is 0.0714. The molecule has 0 amide bonds. The minimum absolute atomic E-state index is 0.530. The third-order valence-electron chi connectivity index (χ3n) is 2.48. The molecule has 3 nitrogen and oxygen atoms in total. The monoisotopic (exact) mass is 257 g/mol. The van der Waals surface area contributed by atoms with E-state index in [0.29, 0.717) is 12.5 Å². The van der Waals surface area contributed by atoms with Gasteiger partial charge in [0.05, 0.1) is 11.1 Å². The molecular weight excluding hydrogens is 246 g/mol. The van der Waals surface area contributed by atoms with Crippen molar-refractivity contribution in [2.45, 2.75) is 6.61 Å². The summed E-state index contributed by atoms with van der Waals surface area (Å²) in [6, 6.07) is 15.7. The van der Waals surface area contributed by atoms with Crippen LogP contribution in [0.25, 0.3) is 10.6 Å². The second-order valence-corrected chi connectivity index (χ2v) is 4.59. The molecule has 0 saturated heterocycles. The van der Waals surface area contributed by atoms with E-state index in [1.165, 1.54) is 11.5 Å². The number of benzene rings is 1. The van der Waals surface area contributed by atoms with Gasteiger partial charge in [-0.3, -0.25) is 0 Å². The van der Waals surface area contributed by atoms with Crippen LogP contribution in [-0.2, 0) is 6.61 Å². The van der Waals surface area contributed by atoms with E-state index in [2.05, 4.69) is 4.37 Å². The highest BCUT2D eigenvalue weighted by atomic mass is 32.1. The quantitative estimate of drug-likeness (QED) is 0.709. The van der Waals surface area contributed by atoms with Crippen LogP contribution in [0, 0.1) is 0 Å². The van der Waals surface area contributed by atoms with Crippen molar-refractivity contribution < 1.29 is 9.15 Å². The van der Waals surface area contributed by atoms with Gasteiger partial charge >= 0.3 is 0 Å². The lowest BCUT2D eigenvalue weighted by Gasteiger charge is -2.01. The van der Waals surface area contributed by atoms with E-state index in [4.69, 9.17) is 9.15 Å². The molecule has 1 aromatic carbocycles. The zero-order valence-electron chi connectivity index (χ0n) is 9.58. The summed E-state index contributed by atoms with van der Waals surface area (Å²) in [4.78, 5) is 0.975. The molecule has 2 aromatic heterocycles. The van der Waals surface area contributed by atoms with E-state index in [1.54, 1.807) is 6.26 Å². The molecule has 0 N–H and O–H groups in total. The van der Waals surface area contributed by atoms with Crippen LogP contribution >= 0.6 is 11.5 Å². The Morgan fingerprint density at radius 1 is 1.11 bits per heavy atom. The zero-order valence-corrected chi connectivity index (χ0v) is 10.4. The Kier molecular flexibility index (Phi) is 3.10. The summed E-state index contributed by atoms with van der Waals surface area (Å²) in [5.74, 6) is 1.46. The van der Waals surface area contributed by atoms with E-state index in [0.717, 1.165) is 16.2 Å². The van der Waals surface area contributed by atoms with Gasteiger partial charge < -0.3 is 9.15 Å². The van der Waals surface area contributed by atoms with Gasteiger partial charge in [-0.05, 0) is 29.2 Å². The van der Waals surface area contributed by atoms with Gasteiger partial charge in [0, 0.05) is 6.07 Å². The molecule has 0 saturated carbocycles. The summed E-state index contributed by atoms with van der Waals surface area (Å²) in [5.41, 5.74) is 1.13. The predicted molar refractivity (Wildman–Crippen MR) is 70.6 cm³/mol. The largest absolute Gasteiger partial charge is 0.472 e. The minimum atomic E-state index is 0.530. The van der Waals surface area contributed by atoms with Crippen molar-refractivity contribution >= 4 is 11.5 Å². The van der Waals surface area contributed by atoms with Crippen LogP contribution in [0.15, 0.2) is 59.2 Å². The van der Waals surface area contributed by atoms with Crippen molar-refractivity contribution in [3.63, 3.8) is 0 Å². The van der Waals surface area contributed by atoms with Crippen molar-refractivity contribution in [2.75, 3.05) is 0 Å². The lowest BCUT2D eigenvalue weighted by atomic mass is 10.2. The average Bonchev–Trinajstić information content (AvgIpc) is 3.08. The number of hydrogen-bond donors (Lipinski definition) is 0. The summed E-state index contributed by atoms with van der Waals surface area (Å²) in [6.45, 7) is 0.530. The number of aromatic nitrogens is 1. The van der Waals surface area contributed by atoms with Crippen molar-refractivity contribution in [3.05, 3.63) is 60.4 Å². The fourth-order valence-corrected chi connectivity index (χ4v) is 2.25. The molecular formula is C14H11NO2S. The van der Waals surface area contributed by atoms with Gasteiger partial charge in [-0.25, -0.2) is 0 Å². The number of nitrogens with zero attached hydrogens (tertiary/aromatic N) is 1. The van der Waals surface area contributed by atoms with E-state index in [9.17, 15) is 0 Å². The molecule has 0 bridgehead atoms. The summed E-state index contributed by atoms with van der Waals surface area (Å²) < 4.78 is 15.2. The number of hydrogen-bond acceptors (Lipinski definition) is 4. The molecule has 0 atom stereocenters. The van der Waals surface area contributed by atoms with Gasteiger partial charge in [0.1, 0.15) is 12.4 Å². The third kappa shape index (κ3) is 2.43. The second kappa shape index (κ2) is 5.06. The molecule has 0 aliphatic carbocycles. The molecule has 0 spiro atoms. The van der Waals surface area contributed by atoms with Crippen LogP contribution < -0.4 is 4.74 Å². The lowest BCUT2D eigenvalue weighted by Crippen LogP contribution is -1.94. The topological polar surface area (TPSA) is 35.3 Å². The smallest absolute Gasteiger partial charge is 0.226 e. The Morgan fingerprint density at radius 3 is 2.78 bits per heavy atom. The van der Waals surface area contributed by atoms with Gasteiger partial charge in [-0.15, -0.1) is 0 Å². The molecule has 2 heterocycles. The summed E-state index contributed by atoms with van der Waals surface area (Å²) >= 11 is 1.37. The Morgan fingerprint density at radius 2 is 2.00 bits per heavy atom. The molecule has 0 unspecified atom stereocenters. The molecule has 4 heteroatoms. The van der Waals surface area contributed by atoms with Crippen LogP contribution in [0.1, 0.15) is 5.56 Å². The van der Waals surface area contributed by atoms with Gasteiger partial charge in [0.2, 0.25) is 5.88 Å². The maximum Gasteiger partial charge on any atom is 0.226 e. The van der Waals surface area contributed by atoms with Gasteiger partial charge in [0.25, 0.3) is 0 Å². The average molecular weight is 257 g/mol. The van der Waals surface area contributed by atoms with Crippen LogP contribution in [0.4, 0.5) is 0 Å². The summed E-state index contributed by atoms with van der Waals surface area (Å²) in [6.07, 6.45) is 1.65. The standard InChI is InChI=1S/C14H11NO2S/c1-2-5-11(6-3-1)10-17-14-9-13(18-15-14)12-7-4-8-16-12/h1-9H,10H2. The molecule has 0 radical (unpaired) electrons. The highest BCUT2D eigenvalue weighted by molar-refractivity contribution is 7.09. The van der Waals surface area contributed by atoms with Crippen LogP contribution in [-0.4, -0.2) is 4.37 Å². The zero-order chi connectivity index (χ0) is 12.2. The van der Waals surface area contributed by atoms with Crippen LogP contribution in [0.5, 0.6) is 5.88 Å². The van der Waals surface area contributed by atoms with Crippen molar-refractivity contribution in [3.8, 4) is 16.5 Å². The number of rotatable bonds is 4. The molecule has 90 valence electrons. The maximum absolute atomic E-state index is 5.63. The highest BCUT2D eigenvalue weighted by Gasteiger charge is 2.07. The normalized spacial score (nSPS) is 10.4. The van der Waals surface area contributed by atoms with Gasteiger partial charge in [-0.2, -0.15) is 4.37 Å². The number of ether oxygens (including phenoxy) is 1. The second-order valence-electron chi connectivity index (χ2n) is 3.78. The van der Waals surface area contributed by atoms with Crippen molar-refractivity contribution in [1.82, 2.24) is 4.37 Å². The van der Waals surface area contributed by atoms with Crippen molar-refractivity contribution in [1.29, 1.82) is 0 Å². The number of furan rings is 1. The highest BCUT2D eigenvalue weighted by Crippen LogP contribution is 2.28. The predicted octanol–water partition coefficient (Wildman–Crippen LogP) is 3.98. The summed E-state index contributed by atoms with van der Waals surface area (Å²) in [7, 11) is 0. The molecule has 0 fully saturated rings. The van der Waals surface area contributed by atoms with E-state index < -0.39 is 0 Å². The molecule has 18 heavy (non-hydrogen) atoms. The minimum Gasteiger partial charge on any atom is -0.472 e. The third-order valence-corrected chi connectivity index (χ3v) is 3.27. The fourth-order valence-electron chi connectivity index (χ4n) is 1.59. The van der Waals surface area contributed by atoms with Gasteiger partial charge in [-0.1, -0.05) is 30.3 Å². The van der Waals surface area contributed by atoms with Crippen LogP contribution in [0.2, 0.25) is 0 Å². The van der Waals surface area contributed by atoms with E-state index >= 15 is 0 Å². The van der Waals surface area contributed by atoms with E-state index in [1.807, 2.05) is 48.5 Å². The molecule has 3 rings (SSSR count). The SMILES string of the molecule is c1ccc(COc2cc(-c3ccco3)sn2)cc1. The van der Waals surface area contributed by atoms with Gasteiger partial charge in [0.15, 0.2) is 0 Å².